The summed E-state index contributed by atoms with van der Waals surface area (Å²) < 4.78 is -0.474. The normalized spacial score (nSPS) is 16.1. The number of carboxylic acids is 3. The zero-order chi connectivity index (χ0) is 24.6. The van der Waals surface area contributed by atoms with Crippen molar-refractivity contribution in [1.82, 2.24) is 0 Å². The van der Waals surface area contributed by atoms with Crippen molar-refractivity contribution in [2.45, 2.75) is 136 Å². The third-order valence-corrected chi connectivity index (χ3v) is 7.13. The fourth-order valence-corrected chi connectivity index (χ4v) is 4.78. The Morgan fingerprint density at radius 1 is 0.531 bits per heavy atom. The maximum Gasteiger partial charge on any atom is 0.362 e. The maximum atomic E-state index is 11.7. The Morgan fingerprint density at radius 2 is 0.781 bits per heavy atom. The Morgan fingerprint density at radius 3 is 1.03 bits per heavy atom. The minimum Gasteiger partial charge on any atom is -0.477 e. The van der Waals surface area contributed by atoms with Gasteiger partial charge in [0, 0.05) is 0 Å². The zero-order valence-electron chi connectivity index (χ0n) is 20.9. The molecule has 0 radical (unpaired) electrons. The lowest BCUT2D eigenvalue weighted by Gasteiger charge is -2.47. The molecule has 0 saturated heterocycles. The lowest BCUT2D eigenvalue weighted by atomic mass is 10.00. The van der Waals surface area contributed by atoms with Crippen LogP contribution in [0, 0.1) is 0 Å². The van der Waals surface area contributed by atoms with Crippen molar-refractivity contribution in [2.75, 3.05) is 6.54 Å². The first-order valence-electron chi connectivity index (χ1n) is 12.7. The number of carboxylic acid groups (broad SMARTS) is 3. The second kappa shape index (κ2) is 16.9. The van der Waals surface area contributed by atoms with Crippen LogP contribution in [-0.4, -0.2) is 62.4 Å². The molecular formula is C25H48NO6+. The first kappa shape index (κ1) is 30.4. The quantitative estimate of drug-likeness (QED) is 0.150. The SMILES string of the molecule is CCCCCCCCCCCCCCCC[N+](C(C)C(=O)O)(C(C)C(=O)O)C(C)C(=O)O. The number of rotatable bonds is 21. The molecule has 188 valence electrons. The van der Waals surface area contributed by atoms with Gasteiger partial charge in [0.15, 0.2) is 18.1 Å². The molecule has 0 aromatic rings. The number of quaternary nitrogens is 1. The van der Waals surface area contributed by atoms with Gasteiger partial charge in [-0.2, -0.15) is 0 Å². The molecule has 0 aliphatic heterocycles. The molecular weight excluding hydrogens is 410 g/mol. The Kier molecular flexibility index (Phi) is 16.1. The van der Waals surface area contributed by atoms with Gasteiger partial charge in [-0.3, -0.25) is 4.48 Å². The predicted molar refractivity (Wildman–Crippen MR) is 127 cm³/mol. The molecule has 3 N–H and O–H groups in total. The third-order valence-electron chi connectivity index (χ3n) is 7.13. The van der Waals surface area contributed by atoms with Gasteiger partial charge >= 0.3 is 17.9 Å². The number of hydrogen-bond donors (Lipinski definition) is 3. The Labute approximate surface area is 194 Å². The number of hydrogen-bond acceptors (Lipinski definition) is 3. The second-order valence-corrected chi connectivity index (χ2v) is 9.36. The van der Waals surface area contributed by atoms with Crippen LogP contribution in [0.5, 0.6) is 0 Å². The van der Waals surface area contributed by atoms with E-state index in [1.807, 2.05) is 0 Å². The van der Waals surface area contributed by atoms with E-state index in [1.165, 1.54) is 85.0 Å². The highest BCUT2D eigenvalue weighted by molar-refractivity contribution is 5.77. The summed E-state index contributed by atoms with van der Waals surface area (Å²) >= 11 is 0. The fraction of sp³-hybridized carbons (Fsp3) is 0.880. The van der Waals surface area contributed by atoms with Gasteiger partial charge in [0.1, 0.15) is 0 Å². The van der Waals surface area contributed by atoms with Crippen molar-refractivity contribution < 1.29 is 34.2 Å². The van der Waals surface area contributed by atoms with Crippen molar-refractivity contribution in [1.29, 1.82) is 0 Å². The zero-order valence-corrected chi connectivity index (χ0v) is 20.9. The first-order valence-corrected chi connectivity index (χ1v) is 12.7. The van der Waals surface area contributed by atoms with Gasteiger partial charge in [-0.15, -0.1) is 0 Å². The van der Waals surface area contributed by atoms with E-state index in [0.29, 0.717) is 6.42 Å². The van der Waals surface area contributed by atoms with Crippen LogP contribution in [0.25, 0.3) is 0 Å². The average molecular weight is 459 g/mol. The summed E-state index contributed by atoms with van der Waals surface area (Å²) in [6, 6.07) is -3.35. The Balaban J connectivity index is 4.45. The van der Waals surface area contributed by atoms with Crippen LogP contribution in [0.15, 0.2) is 0 Å². The highest BCUT2D eigenvalue weighted by atomic mass is 16.4. The van der Waals surface area contributed by atoms with Crippen LogP contribution in [0.1, 0.15) is 118 Å². The van der Waals surface area contributed by atoms with E-state index in [2.05, 4.69) is 6.92 Å². The van der Waals surface area contributed by atoms with E-state index in [9.17, 15) is 29.7 Å². The molecule has 3 atom stereocenters. The highest BCUT2D eigenvalue weighted by Gasteiger charge is 2.52. The summed E-state index contributed by atoms with van der Waals surface area (Å²) in [7, 11) is 0. The van der Waals surface area contributed by atoms with Crippen LogP contribution in [0.3, 0.4) is 0 Å². The van der Waals surface area contributed by atoms with Crippen LogP contribution < -0.4 is 0 Å². The lowest BCUT2D eigenvalue weighted by Crippen LogP contribution is -2.70. The molecule has 7 heteroatoms. The van der Waals surface area contributed by atoms with Gasteiger partial charge < -0.3 is 15.3 Å². The summed E-state index contributed by atoms with van der Waals surface area (Å²) in [6.45, 7) is 6.73. The first-order chi connectivity index (χ1) is 15.1. The summed E-state index contributed by atoms with van der Waals surface area (Å²) in [5, 5.41) is 28.8. The van der Waals surface area contributed by atoms with E-state index < -0.39 is 40.5 Å². The fourth-order valence-electron chi connectivity index (χ4n) is 4.78. The van der Waals surface area contributed by atoms with Crippen LogP contribution in [-0.2, 0) is 14.4 Å². The van der Waals surface area contributed by atoms with E-state index in [1.54, 1.807) is 0 Å². The van der Waals surface area contributed by atoms with E-state index in [4.69, 9.17) is 0 Å². The Hall–Kier alpha value is -1.63. The molecule has 0 fully saturated rings. The smallest absolute Gasteiger partial charge is 0.362 e. The third kappa shape index (κ3) is 10.3. The maximum absolute atomic E-state index is 11.7. The van der Waals surface area contributed by atoms with Gasteiger partial charge in [0.2, 0.25) is 0 Å². The largest absolute Gasteiger partial charge is 0.477 e. The van der Waals surface area contributed by atoms with Crippen molar-refractivity contribution >= 4 is 17.9 Å². The molecule has 0 aliphatic carbocycles. The van der Waals surface area contributed by atoms with Crippen molar-refractivity contribution in [2.24, 2.45) is 0 Å². The summed E-state index contributed by atoms with van der Waals surface area (Å²) in [4.78, 5) is 35.2. The van der Waals surface area contributed by atoms with Crippen molar-refractivity contribution in [3.63, 3.8) is 0 Å². The number of nitrogens with zero attached hydrogens (tertiary/aromatic N) is 1. The van der Waals surface area contributed by atoms with Gasteiger partial charge in [0.05, 0.1) is 6.54 Å². The number of aliphatic carboxylic acids is 3. The minimum absolute atomic E-state index is 0.229. The van der Waals surface area contributed by atoms with Gasteiger partial charge in [-0.25, -0.2) is 14.4 Å². The predicted octanol–water partition coefficient (Wildman–Crippen LogP) is 5.70. The average Bonchev–Trinajstić information content (AvgIpc) is 2.75. The second-order valence-electron chi connectivity index (χ2n) is 9.36. The monoisotopic (exact) mass is 458 g/mol. The number of carbonyl (C=O) groups is 3. The van der Waals surface area contributed by atoms with E-state index in [0.717, 1.165) is 19.3 Å². The molecule has 0 saturated carbocycles. The minimum atomic E-state index is -1.17. The molecule has 0 amide bonds. The molecule has 3 unspecified atom stereocenters. The molecule has 32 heavy (non-hydrogen) atoms. The molecule has 0 rings (SSSR count). The summed E-state index contributed by atoms with van der Waals surface area (Å²) in [5.41, 5.74) is 0. The molecule has 0 spiro atoms. The van der Waals surface area contributed by atoms with Crippen LogP contribution >= 0.6 is 0 Å². The van der Waals surface area contributed by atoms with Crippen molar-refractivity contribution in [3.8, 4) is 0 Å². The standard InChI is InChI=1S/C25H47NO6/c1-5-6-7-8-9-10-11-12-13-14-15-16-17-18-19-26(20(2)23(27)28,21(3)24(29)30)22(4)25(31)32/h20-22H,5-19H2,1-4H3,(H2-,27,28,29,30,31,32)/p+1. The molecule has 0 aliphatic rings. The molecule has 0 bridgehead atoms. The van der Waals surface area contributed by atoms with E-state index >= 15 is 0 Å². The molecule has 0 aromatic carbocycles. The lowest BCUT2D eigenvalue weighted by molar-refractivity contribution is -0.968. The molecule has 0 heterocycles. The van der Waals surface area contributed by atoms with Gasteiger partial charge in [-0.1, -0.05) is 84.0 Å². The van der Waals surface area contributed by atoms with Crippen LogP contribution in [0.4, 0.5) is 0 Å². The molecule has 0 aromatic heterocycles. The highest BCUT2D eigenvalue weighted by Crippen LogP contribution is 2.27. The van der Waals surface area contributed by atoms with Gasteiger partial charge in [-0.05, 0) is 33.6 Å². The van der Waals surface area contributed by atoms with Crippen LogP contribution in [0.2, 0.25) is 0 Å². The topological polar surface area (TPSA) is 112 Å². The summed E-state index contributed by atoms with van der Waals surface area (Å²) in [5.74, 6) is -3.51. The van der Waals surface area contributed by atoms with E-state index in [-0.39, 0.29) is 6.54 Å². The number of unbranched alkanes of at least 4 members (excludes halogenated alkanes) is 13. The van der Waals surface area contributed by atoms with Crippen molar-refractivity contribution in [3.05, 3.63) is 0 Å². The summed E-state index contributed by atoms with van der Waals surface area (Å²) in [6.07, 6.45) is 16.6. The van der Waals surface area contributed by atoms with Gasteiger partial charge in [0.25, 0.3) is 0 Å². The molecule has 7 nitrogen and oxygen atoms in total. The Bertz CT molecular complexity index is 500.